The standard InChI is InChI=1S/C24H20ClN5O2/c1-15(17-7-8-20(21(25)13-17)23(31)32-3)29-30-19(14-28-24(30)26-2)12-16-6-9-22-18(11-16)5-4-10-27-22/h4-11,13-14H,2,12H2,1,3H3/b29-15+. The summed E-state index contributed by atoms with van der Waals surface area (Å²) in [6, 6.07) is 15.2. The van der Waals surface area contributed by atoms with Gasteiger partial charge in [0, 0.05) is 18.0 Å². The van der Waals surface area contributed by atoms with Gasteiger partial charge in [0.05, 0.1) is 40.8 Å². The Hall–Kier alpha value is -3.84. The van der Waals surface area contributed by atoms with Crippen molar-refractivity contribution in [3.05, 3.63) is 88.3 Å². The summed E-state index contributed by atoms with van der Waals surface area (Å²) in [4.78, 5) is 24.5. The number of esters is 1. The van der Waals surface area contributed by atoms with E-state index in [0.717, 1.165) is 27.7 Å². The predicted octanol–water partition coefficient (Wildman–Crippen LogP) is 5.07. The maximum atomic E-state index is 11.8. The van der Waals surface area contributed by atoms with E-state index in [4.69, 9.17) is 21.4 Å². The molecule has 0 unspecified atom stereocenters. The lowest BCUT2D eigenvalue weighted by atomic mass is 10.1. The normalized spacial score (nSPS) is 11.5. The SMILES string of the molecule is C=Nc1ncc(Cc2ccc3ncccc3c2)n1/N=C(\C)c1ccc(C(=O)OC)c(Cl)c1. The summed E-state index contributed by atoms with van der Waals surface area (Å²) in [5.74, 6) is -0.101. The lowest BCUT2D eigenvalue weighted by Gasteiger charge is -2.09. The van der Waals surface area contributed by atoms with E-state index in [1.807, 2.05) is 31.2 Å². The number of carbonyl (C=O) groups excluding carboxylic acids is 1. The van der Waals surface area contributed by atoms with Gasteiger partial charge in [0.25, 0.3) is 0 Å². The predicted molar refractivity (Wildman–Crippen MR) is 126 cm³/mol. The Labute approximate surface area is 190 Å². The van der Waals surface area contributed by atoms with Crippen LogP contribution in [0.2, 0.25) is 5.02 Å². The summed E-state index contributed by atoms with van der Waals surface area (Å²) in [6.45, 7) is 5.45. The molecule has 0 spiro atoms. The third-order valence-corrected chi connectivity index (χ3v) is 5.34. The summed E-state index contributed by atoms with van der Waals surface area (Å²) in [7, 11) is 1.32. The number of carbonyl (C=O) groups is 1. The zero-order chi connectivity index (χ0) is 22.7. The number of rotatable bonds is 6. The number of hydrogen-bond acceptors (Lipinski definition) is 6. The molecule has 7 nitrogen and oxygen atoms in total. The number of halogens is 1. The molecule has 2 aromatic carbocycles. The maximum absolute atomic E-state index is 11.8. The first-order valence-electron chi connectivity index (χ1n) is 9.81. The molecule has 4 aromatic rings. The Morgan fingerprint density at radius 1 is 1.19 bits per heavy atom. The van der Waals surface area contributed by atoms with Gasteiger partial charge in [-0.25, -0.2) is 19.4 Å². The third-order valence-electron chi connectivity index (χ3n) is 5.03. The number of aliphatic imine (C=N–C) groups is 1. The van der Waals surface area contributed by atoms with Crippen molar-refractivity contribution in [3.8, 4) is 0 Å². The van der Waals surface area contributed by atoms with E-state index < -0.39 is 5.97 Å². The molecule has 8 heteroatoms. The second-order valence-corrected chi connectivity index (χ2v) is 7.51. The molecule has 2 heterocycles. The zero-order valence-corrected chi connectivity index (χ0v) is 18.4. The van der Waals surface area contributed by atoms with Crippen molar-refractivity contribution in [1.82, 2.24) is 14.6 Å². The Bertz CT molecular complexity index is 1360. The van der Waals surface area contributed by atoms with Crippen LogP contribution in [0.3, 0.4) is 0 Å². The van der Waals surface area contributed by atoms with Gasteiger partial charge in [-0.15, -0.1) is 0 Å². The van der Waals surface area contributed by atoms with Gasteiger partial charge in [0.15, 0.2) is 0 Å². The van der Waals surface area contributed by atoms with Crippen LogP contribution in [0.25, 0.3) is 10.9 Å². The molecule has 0 bridgehead atoms. The number of benzene rings is 2. The molecule has 0 aliphatic carbocycles. The summed E-state index contributed by atoms with van der Waals surface area (Å²) in [5.41, 5.74) is 4.63. The van der Waals surface area contributed by atoms with Crippen LogP contribution >= 0.6 is 11.6 Å². The summed E-state index contributed by atoms with van der Waals surface area (Å²) in [5, 5.41) is 6.07. The number of imidazole rings is 1. The Balaban J connectivity index is 1.68. The quantitative estimate of drug-likeness (QED) is 0.306. The lowest BCUT2D eigenvalue weighted by Crippen LogP contribution is -2.06. The highest BCUT2D eigenvalue weighted by Gasteiger charge is 2.14. The van der Waals surface area contributed by atoms with Crippen molar-refractivity contribution in [2.24, 2.45) is 10.1 Å². The molecule has 0 atom stereocenters. The fourth-order valence-electron chi connectivity index (χ4n) is 3.37. The van der Waals surface area contributed by atoms with Crippen molar-refractivity contribution in [1.29, 1.82) is 0 Å². The highest BCUT2D eigenvalue weighted by molar-refractivity contribution is 6.34. The second kappa shape index (κ2) is 9.11. The minimum atomic E-state index is -0.489. The zero-order valence-electron chi connectivity index (χ0n) is 17.6. The van der Waals surface area contributed by atoms with Gasteiger partial charge in [0.1, 0.15) is 0 Å². The first-order chi connectivity index (χ1) is 15.5. The van der Waals surface area contributed by atoms with E-state index in [-0.39, 0.29) is 0 Å². The topological polar surface area (TPSA) is 81.7 Å². The molecule has 2 aromatic heterocycles. The number of fused-ring (bicyclic) bond motifs is 1. The Morgan fingerprint density at radius 2 is 2.03 bits per heavy atom. The van der Waals surface area contributed by atoms with E-state index in [1.165, 1.54) is 7.11 Å². The smallest absolute Gasteiger partial charge is 0.339 e. The van der Waals surface area contributed by atoms with Crippen LogP contribution in [0.1, 0.15) is 34.1 Å². The molecule has 32 heavy (non-hydrogen) atoms. The van der Waals surface area contributed by atoms with Gasteiger partial charge in [-0.05, 0) is 55.1 Å². The molecule has 0 aliphatic heterocycles. The molecular formula is C24H20ClN5O2. The third kappa shape index (κ3) is 4.29. The molecule has 4 rings (SSSR count). The Morgan fingerprint density at radius 3 is 2.78 bits per heavy atom. The van der Waals surface area contributed by atoms with Crippen LogP contribution in [0.15, 0.2) is 71.0 Å². The number of ether oxygens (including phenoxy) is 1. The van der Waals surface area contributed by atoms with E-state index in [9.17, 15) is 4.79 Å². The summed E-state index contributed by atoms with van der Waals surface area (Å²) in [6.07, 6.45) is 4.12. The van der Waals surface area contributed by atoms with E-state index in [0.29, 0.717) is 28.7 Å². The van der Waals surface area contributed by atoms with Gasteiger partial charge in [-0.1, -0.05) is 29.8 Å². The van der Waals surface area contributed by atoms with E-state index >= 15 is 0 Å². The van der Waals surface area contributed by atoms with Crippen molar-refractivity contribution >= 4 is 46.9 Å². The molecule has 0 saturated heterocycles. The minimum Gasteiger partial charge on any atom is -0.465 e. The number of hydrogen-bond donors (Lipinski definition) is 0. The van der Waals surface area contributed by atoms with E-state index in [2.05, 4.69) is 27.7 Å². The summed E-state index contributed by atoms with van der Waals surface area (Å²) < 4.78 is 6.41. The van der Waals surface area contributed by atoms with Gasteiger partial charge < -0.3 is 4.74 Å². The van der Waals surface area contributed by atoms with Gasteiger partial charge in [-0.3, -0.25) is 4.98 Å². The van der Waals surface area contributed by atoms with Crippen LogP contribution in [0.5, 0.6) is 0 Å². The monoisotopic (exact) mass is 445 g/mol. The molecule has 0 amide bonds. The number of aromatic nitrogens is 3. The highest BCUT2D eigenvalue weighted by atomic mass is 35.5. The van der Waals surface area contributed by atoms with Crippen LogP contribution < -0.4 is 0 Å². The van der Waals surface area contributed by atoms with Gasteiger partial charge in [-0.2, -0.15) is 5.10 Å². The Kier molecular flexibility index (Phi) is 6.09. The largest absolute Gasteiger partial charge is 0.465 e. The van der Waals surface area contributed by atoms with Crippen LogP contribution in [-0.4, -0.2) is 40.2 Å². The van der Waals surface area contributed by atoms with Crippen LogP contribution in [0, 0.1) is 0 Å². The van der Waals surface area contributed by atoms with Crippen LogP contribution in [0.4, 0.5) is 5.95 Å². The first kappa shape index (κ1) is 21.4. The molecule has 0 aliphatic rings. The van der Waals surface area contributed by atoms with E-state index in [1.54, 1.807) is 35.3 Å². The van der Waals surface area contributed by atoms with Gasteiger partial charge >= 0.3 is 5.97 Å². The number of pyridine rings is 1. The summed E-state index contributed by atoms with van der Waals surface area (Å²) >= 11 is 6.27. The average molecular weight is 446 g/mol. The van der Waals surface area contributed by atoms with Crippen LogP contribution in [-0.2, 0) is 11.2 Å². The van der Waals surface area contributed by atoms with Crippen molar-refractivity contribution in [2.75, 3.05) is 7.11 Å². The molecule has 0 saturated carbocycles. The molecular weight excluding hydrogens is 426 g/mol. The highest BCUT2D eigenvalue weighted by Crippen LogP contribution is 2.22. The fourth-order valence-corrected chi connectivity index (χ4v) is 3.63. The maximum Gasteiger partial charge on any atom is 0.339 e. The molecule has 160 valence electrons. The van der Waals surface area contributed by atoms with Crippen molar-refractivity contribution in [2.45, 2.75) is 13.3 Å². The lowest BCUT2D eigenvalue weighted by molar-refractivity contribution is 0.0601. The second-order valence-electron chi connectivity index (χ2n) is 7.10. The molecule has 0 radical (unpaired) electrons. The molecule has 0 fully saturated rings. The van der Waals surface area contributed by atoms with Gasteiger partial charge in [0.2, 0.25) is 5.95 Å². The number of nitrogens with zero attached hydrogens (tertiary/aromatic N) is 5. The van der Waals surface area contributed by atoms with Crippen molar-refractivity contribution < 1.29 is 9.53 Å². The minimum absolute atomic E-state index is 0.293. The fraction of sp³-hybridized carbons (Fsp3) is 0.125. The van der Waals surface area contributed by atoms with Crippen molar-refractivity contribution in [3.63, 3.8) is 0 Å². The average Bonchev–Trinajstić information content (AvgIpc) is 3.19. The number of methoxy groups -OCH3 is 1. The first-order valence-corrected chi connectivity index (χ1v) is 10.2. The molecule has 0 N–H and O–H groups in total.